The van der Waals surface area contributed by atoms with Crippen LogP contribution < -0.4 is 15.0 Å². The molecule has 0 radical (unpaired) electrons. The summed E-state index contributed by atoms with van der Waals surface area (Å²) in [6.07, 6.45) is -11.0. The molecule has 1 unspecified atom stereocenters. The Kier molecular flexibility index (Phi) is 5.87. The van der Waals surface area contributed by atoms with Crippen LogP contribution in [0.4, 0.5) is 40.8 Å². The van der Waals surface area contributed by atoms with Gasteiger partial charge >= 0.3 is 18.5 Å². The molecule has 1 saturated heterocycles. The summed E-state index contributed by atoms with van der Waals surface area (Å²) in [5.41, 5.74) is 0.163. The number of halogens is 8. The van der Waals surface area contributed by atoms with Gasteiger partial charge in [0.1, 0.15) is 5.75 Å². The van der Waals surface area contributed by atoms with E-state index in [-0.39, 0.29) is 18.7 Å². The van der Waals surface area contributed by atoms with Crippen molar-refractivity contribution in [2.45, 2.75) is 30.9 Å². The first-order chi connectivity index (χ1) is 12.7. The third-order valence-electron chi connectivity index (χ3n) is 3.80. The van der Waals surface area contributed by atoms with Crippen LogP contribution >= 0.6 is 0 Å². The van der Waals surface area contributed by atoms with Crippen molar-refractivity contribution in [1.29, 1.82) is 0 Å². The first-order valence-electron chi connectivity index (χ1n) is 7.61. The predicted octanol–water partition coefficient (Wildman–Crippen LogP) is 3.05. The standard InChI is InChI=1S/C15H12F8N2O3/c16-13(17,14(18,19)20)11(26)7-24-10-5-6-25(12(10)27)8-1-3-9(4-2-8)28-15(21,22)23/h1-4,10,24H,5-7H2. The molecule has 13 heteroatoms. The van der Waals surface area contributed by atoms with Gasteiger partial charge in [0.2, 0.25) is 11.7 Å². The molecule has 1 amide bonds. The molecule has 0 spiro atoms. The van der Waals surface area contributed by atoms with Crippen molar-refractivity contribution in [2.24, 2.45) is 0 Å². The Balaban J connectivity index is 1.97. The average molecular weight is 420 g/mol. The van der Waals surface area contributed by atoms with Crippen molar-refractivity contribution in [3.63, 3.8) is 0 Å². The number of nitrogens with one attached hydrogen (secondary N) is 1. The number of benzene rings is 1. The third-order valence-corrected chi connectivity index (χ3v) is 3.80. The van der Waals surface area contributed by atoms with Crippen molar-refractivity contribution in [3.8, 4) is 5.75 Å². The molecule has 0 aromatic heterocycles. The zero-order valence-corrected chi connectivity index (χ0v) is 13.7. The molecule has 0 aliphatic carbocycles. The molecule has 2 rings (SSSR count). The lowest BCUT2D eigenvalue weighted by atomic mass is 10.2. The van der Waals surface area contributed by atoms with Gasteiger partial charge in [0.05, 0.1) is 12.6 Å². The van der Waals surface area contributed by atoms with Crippen molar-refractivity contribution >= 4 is 17.4 Å². The van der Waals surface area contributed by atoms with Crippen molar-refractivity contribution in [1.82, 2.24) is 5.32 Å². The molecular formula is C15H12F8N2O3. The number of carbonyl (C=O) groups is 2. The highest BCUT2D eigenvalue weighted by Crippen LogP contribution is 2.36. The molecule has 1 aromatic carbocycles. The van der Waals surface area contributed by atoms with E-state index in [1.165, 1.54) is 0 Å². The third kappa shape index (κ3) is 4.88. The molecule has 1 aromatic rings. The van der Waals surface area contributed by atoms with Gasteiger partial charge < -0.3 is 9.64 Å². The van der Waals surface area contributed by atoms with Gasteiger partial charge in [-0.15, -0.1) is 13.2 Å². The summed E-state index contributed by atoms with van der Waals surface area (Å²) in [7, 11) is 0. The van der Waals surface area contributed by atoms with Gasteiger partial charge in [-0.05, 0) is 30.7 Å². The van der Waals surface area contributed by atoms with Crippen LogP contribution in [0.3, 0.4) is 0 Å². The van der Waals surface area contributed by atoms with Crippen LogP contribution in [0.15, 0.2) is 24.3 Å². The number of alkyl halides is 8. The van der Waals surface area contributed by atoms with E-state index in [4.69, 9.17) is 0 Å². The number of hydrogen-bond acceptors (Lipinski definition) is 4. The molecular weight excluding hydrogens is 408 g/mol. The Labute approximate surface area is 152 Å². The number of rotatable bonds is 6. The van der Waals surface area contributed by atoms with Crippen LogP contribution in [-0.2, 0) is 9.59 Å². The van der Waals surface area contributed by atoms with Crippen molar-refractivity contribution in [2.75, 3.05) is 18.0 Å². The number of ketones is 1. The van der Waals surface area contributed by atoms with E-state index in [2.05, 4.69) is 10.1 Å². The summed E-state index contributed by atoms with van der Waals surface area (Å²) in [6, 6.07) is 2.99. The minimum absolute atomic E-state index is 0.00942. The molecule has 1 aliphatic heterocycles. The monoisotopic (exact) mass is 420 g/mol. The second-order valence-corrected chi connectivity index (χ2v) is 5.75. The van der Waals surface area contributed by atoms with Crippen LogP contribution in [0, 0.1) is 0 Å². The first-order valence-corrected chi connectivity index (χ1v) is 7.61. The van der Waals surface area contributed by atoms with E-state index in [1.807, 2.05) is 0 Å². The quantitative estimate of drug-likeness (QED) is 0.719. The zero-order valence-electron chi connectivity index (χ0n) is 13.7. The number of amides is 1. The van der Waals surface area contributed by atoms with Gasteiger partial charge in [-0.3, -0.25) is 14.9 Å². The van der Waals surface area contributed by atoms with E-state index < -0.39 is 48.5 Å². The Morgan fingerprint density at radius 2 is 1.64 bits per heavy atom. The molecule has 1 atom stereocenters. The molecule has 1 N–H and O–H groups in total. The number of ether oxygens (including phenoxy) is 1. The van der Waals surface area contributed by atoms with Gasteiger partial charge in [-0.1, -0.05) is 0 Å². The van der Waals surface area contributed by atoms with E-state index in [1.54, 1.807) is 0 Å². The Bertz CT molecular complexity index is 730. The molecule has 0 bridgehead atoms. The number of hydrogen-bond donors (Lipinski definition) is 1. The van der Waals surface area contributed by atoms with E-state index in [0.29, 0.717) is 0 Å². The van der Waals surface area contributed by atoms with Gasteiger partial charge in [-0.25, -0.2) is 0 Å². The van der Waals surface area contributed by atoms with Gasteiger partial charge in [-0.2, -0.15) is 22.0 Å². The highest BCUT2D eigenvalue weighted by Gasteiger charge is 2.62. The summed E-state index contributed by atoms with van der Waals surface area (Å²) < 4.78 is 102. The summed E-state index contributed by atoms with van der Waals surface area (Å²) >= 11 is 0. The van der Waals surface area contributed by atoms with Crippen LogP contribution in [0.5, 0.6) is 5.75 Å². The van der Waals surface area contributed by atoms with Crippen LogP contribution in [0.2, 0.25) is 0 Å². The summed E-state index contributed by atoms with van der Waals surface area (Å²) in [4.78, 5) is 24.4. The van der Waals surface area contributed by atoms with Crippen LogP contribution in [0.25, 0.3) is 0 Å². The zero-order chi connectivity index (χ0) is 21.3. The molecule has 1 fully saturated rings. The molecule has 28 heavy (non-hydrogen) atoms. The second-order valence-electron chi connectivity index (χ2n) is 5.75. The molecule has 156 valence electrons. The predicted molar refractivity (Wildman–Crippen MR) is 77.9 cm³/mol. The highest BCUT2D eigenvalue weighted by atomic mass is 19.4. The number of carbonyl (C=O) groups excluding carboxylic acids is 2. The van der Waals surface area contributed by atoms with E-state index in [9.17, 15) is 44.7 Å². The van der Waals surface area contributed by atoms with Crippen molar-refractivity contribution in [3.05, 3.63) is 24.3 Å². The molecule has 1 aliphatic rings. The Hall–Kier alpha value is -2.44. The molecule has 1 heterocycles. The van der Waals surface area contributed by atoms with Crippen molar-refractivity contribution < 1.29 is 49.4 Å². The maximum Gasteiger partial charge on any atom is 0.573 e. The van der Waals surface area contributed by atoms with Crippen LogP contribution in [-0.4, -0.2) is 49.3 Å². The number of Topliss-reactive ketones (excluding diaryl/α,β-unsaturated/α-hetero) is 1. The molecule has 0 saturated carbocycles. The fraction of sp³-hybridized carbons (Fsp3) is 0.467. The summed E-state index contributed by atoms with van der Waals surface area (Å²) in [6.45, 7) is -1.37. The van der Waals surface area contributed by atoms with Crippen LogP contribution in [0.1, 0.15) is 6.42 Å². The summed E-state index contributed by atoms with van der Waals surface area (Å²) in [5.74, 6) is -9.24. The Morgan fingerprint density at radius 1 is 1.07 bits per heavy atom. The lowest BCUT2D eigenvalue weighted by Crippen LogP contribution is -2.50. The first kappa shape index (κ1) is 21.9. The Morgan fingerprint density at radius 3 is 2.14 bits per heavy atom. The normalized spacial score (nSPS) is 18.5. The van der Waals surface area contributed by atoms with Gasteiger partial charge in [0, 0.05) is 12.2 Å². The number of nitrogens with zero attached hydrogens (tertiary/aromatic N) is 1. The average Bonchev–Trinajstić information content (AvgIpc) is 2.91. The lowest BCUT2D eigenvalue weighted by Gasteiger charge is -2.20. The minimum Gasteiger partial charge on any atom is -0.406 e. The fourth-order valence-electron chi connectivity index (χ4n) is 2.44. The smallest absolute Gasteiger partial charge is 0.406 e. The topological polar surface area (TPSA) is 58.6 Å². The largest absolute Gasteiger partial charge is 0.573 e. The van der Waals surface area contributed by atoms with E-state index >= 15 is 0 Å². The number of anilines is 1. The van der Waals surface area contributed by atoms with E-state index in [0.717, 1.165) is 29.2 Å². The lowest BCUT2D eigenvalue weighted by molar-refractivity contribution is -0.274. The van der Waals surface area contributed by atoms with Gasteiger partial charge in [0.15, 0.2) is 0 Å². The molecule has 5 nitrogen and oxygen atoms in total. The van der Waals surface area contributed by atoms with Gasteiger partial charge in [0.25, 0.3) is 0 Å². The summed E-state index contributed by atoms with van der Waals surface area (Å²) in [5, 5.41) is 2.06. The maximum atomic E-state index is 12.9. The highest BCUT2D eigenvalue weighted by molar-refractivity contribution is 6.00. The second kappa shape index (κ2) is 7.53. The minimum atomic E-state index is -6.04. The SMILES string of the molecule is O=C1C(NCC(=O)C(F)(F)C(F)(F)F)CCN1c1ccc(OC(F)(F)F)cc1. The maximum absolute atomic E-state index is 12.9. The fourth-order valence-corrected chi connectivity index (χ4v) is 2.44.